The Morgan fingerprint density at radius 3 is 2.76 bits per heavy atom. The maximum atomic E-state index is 14.9. The van der Waals surface area contributed by atoms with Crippen LogP contribution in [0.4, 0.5) is 16.0 Å². The average molecular weight is 511 g/mol. The molecule has 1 aromatic carbocycles. The number of halogens is 1. The van der Waals surface area contributed by atoms with E-state index in [1.807, 2.05) is 37.4 Å². The molecule has 9 heteroatoms. The van der Waals surface area contributed by atoms with E-state index in [0.717, 1.165) is 36.3 Å². The van der Waals surface area contributed by atoms with Gasteiger partial charge in [-0.3, -0.25) is 19.7 Å². The Hall–Kier alpha value is -4.37. The number of pyridine rings is 3. The normalized spacial score (nSPS) is 16.6. The fraction of sp³-hybridized carbons (Fsp3) is 0.241. The van der Waals surface area contributed by atoms with Crippen molar-refractivity contribution in [1.82, 2.24) is 20.3 Å². The molecule has 2 aliphatic rings. The fourth-order valence-corrected chi connectivity index (χ4v) is 5.07. The van der Waals surface area contributed by atoms with Gasteiger partial charge in [0.25, 0.3) is 5.91 Å². The number of benzene rings is 1. The number of carbonyl (C=O) groups excluding carboxylic acids is 1. The molecule has 6 rings (SSSR count). The van der Waals surface area contributed by atoms with Crippen molar-refractivity contribution in [2.75, 3.05) is 30.4 Å². The third-order valence-electron chi connectivity index (χ3n) is 7.06. The fourth-order valence-electron chi connectivity index (χ4n) is 5.07. The lowest BCUT2D eigenvalue weighted by atomic mass is 10.0. The van der Waals surface area contributed by atoms with Gasteiger partial charge in [0, 0.05) is 52.9 Å². The number of carbonyl (C=O) groups is 1. The number of nitrogens with one attached hydrogen (secondary N) is 2. The van der Waals surface area contributed by atoms with Gasteiger partial charge in [0.2, 0.25) is 0 Å². The first-order valence-electron chi connectivity index (χ1n) is 12.6. The summed E-state index contributed by atoms with van der Waals surface area (Å²) < 4.78 is 20.3. The number of aromatic nitrogens is 3. The highest BCUT2D eigenvalue weighted by Crippen LogP contribution is 2.39. The molecular formula is C29H27FN6O2. The van der Waals surface area contributed by atoms with Crippen LogP contribution in [-0.2, 0) is 6.54 Å². The minimum absolute atomic E-state index is 0.204. The SMILES string of the molecule is COc1cccc(F)c1-c1nccc2c1CN(c1ccc(-c3ccc(C)nc3)c(N[C@H]3CCNC3)n1)C2=O. The molecule has 1 saturated heterocycles. The van der Waals surface area contributed by atoms with Gasteiger partial charge >= 0.3 is 0 Å². The molecule has 0 spiro atoms. The summed E-state index contributed by atoms with van der Waals surface area (Å²) in [6, 6.07) is 14.3. The summed E-state index contributed by atoms with van der Waals surface area (Å²) in [5, 5.41) is 6.93. The van der Waals surface area contributed by atoms with Crippen molar-refractivity contribution in [3.63, 3.8) is 0 Å². The number of anilines is 2. The van der Waals surface area contributed by atoms with Gasteiger partial charge in [-0.25, -0.2) is 9.37 Å². The number of fused-ring (bicyclic) bond motifs is 1. The summed E-state index contributed by atoms with van der Waals surface area (Å²) in [4.78, 5) is 29.0. The van der Waals surface area contributed by atoms with Crippen LogP contribution in [0.25, 0.3) is 22.4 Å². The van der Waals surface area contributed by atoms with Crippen LogP contribution in [0, 0.1) is 12.7 Å². The molecule has 0 saturated carbocycles. The number of amides is 1. The summed E-state index contributed by atoms with van der Waals surface area (Å²) in [6.07, 6.45) is 4.34. The van der Waals surface area contributed by atoms with Gasteiger partial charge in [-0.2, -0.15) is 0 Å². The number of ether oxygens (including phenoxy) is 1. The highest BCUT2D eigenvalue weighted by atomic mass is 19.1. The van der Waals surface area contributed by atoms with Crippen LogP contribution in [0.5, 0.6) is 5.75 Å². The zero-order valence-electron chi connectivity index (χ0n) is 21.2. The van der Waals surface area contributed by atoms with Gasteiger partial charge in [0.1, 0.15) is 23.2 Å². The molecule has 0 aliphatic carbocycles. The zero-order valence-corrected chi connectivity index (χ0v) is 21.2. The molecule has 1 amide bonds. The lowest BCUT2D eigenvalue weighted by Crippen LogP contribution is -2.26. The minimum Gasteiger partial charge on any atom is -0.496 e. The van der Waals surface area contributed by atoms with Gasteiger partial charge in [-0.05, 0) is 56.3 Å². The highest BCUT2D eigenvalue weighted by Gasteiger charge is 2.34. The van der Waals surface area contributed by atoms with E-state index in [1.54, 1.807) is 23.1 Å². The van der Waals surface area contributed by atoms with Crippen molar-refractivity contribution < 1.29 is 13.9 Å². The molecule has 0 bridgehead atoms. The average Bonchev–Trinajstić information content (AvgIpc) is 3.57. The van der Waals surface area contributed by atoms with Gasteiger partial charge < -0.3 is 15.4 Å². The third kappa shape index (κ3) is 4.24. The van der Waals surface area contributed by atoms with Crippen LogP contribution in [0.15, 0.2) is 60.9 Å². The maximum Gasteiger partial charge on any atom is 0.260 e. The number of hydrogen-bond acceptors (Lipinski definition) is 7. The first-order valence-corrected chi connectivity index (χ1v) is 12.6. The molecule has 2 aliphatic heterocycles. The Morgan fingerprint density at radius 1 is 1.11 bits per heavy atom. The summed E-state index contributed by atoms with van der Waals surface area (Å²) in [5.74, 6) is 0.906. The van der Waals surface area contributed by atoms with Gasteiger partial charge in [-0.1, -0.05) is 12.1 Å². The lowest BCUT2D eigenvalue weighted by molar-refractivity contribution is 0.0996. The van der Waals surface area contributed by atoms with E-state index in [1.165, 1.54) is 19.4 Å². The monoisotopic (exact) mass is 510 g/mol. The maximum absolute atomic E-state index is 14.9. The van der Waals surface area contributed by atoms with E-state index in [2.05, 4.69) is 20.6 Å². The number of rotatable bonds is 6. The van der Waals surface area contributed by atoms with E-state index >= 15 is 0 Å². The van der Waals surface area contributed by atoms with E-state index in [-0.39, 0.29) is 24.1 Å². The van der Waals surface area contributed by atoms with Crippen molar-refractivity contribution in [1.29, 1.82) is 0 Å². The van der Waals surface area contributed by atoms with E-state index < -0.39 is 5.82 Å². The molecule has 3 aromatic heterocycles. The predicted molar refractivity (Wildman–Crippen MR) is 144 cm³/mol. The second kappa shape index (κ2) is 9.83. The molecule has 1 atom stereocenters. The third-order valence-corrected chi connectivity index (χ3v) is 7.06. The van der Waals surface area contributed by atoms with E-state index in [0.29, 0.717) is 34.2 Å². The van der Waals surface area contributed by atoms with Gasteiger partial charge in [0.15, 0.2) is 0 Å². The largest absolute Gasteiger partial charge is 0.496 e. The molecule has 1 fully saturated rings. The standard InChI is InChI=1S/C29H27FN6O2/c1-17-6-7-18(14-33-17)20-8-9-25(35-28(20)34-19-10-12-31-15-19)36-16-22-21(29(36)37)11-13-32-27(22)26-23(30)4-3-5-24(26)38-2/h3-9,11,13-14,19,31H,10,12,15-16H2,1-2H3,(H,34,35)/t19-/m0/s1. The second-order valence-corrected chi connectivity index (χ2v) is 9.48. The first-order chi connectivity index (χ1) is 18.5. The van der Waals surface area contributed by atoms with Crippen molar-refractivity contribution >= 4 is 17.5 Å². The van der Waals surface area contributed by atoms with Gasteiger partial charge in [0.05, 0.1) is 24.9 Å². The van der Waals surface area contributed by atoms with Crippen molar-refractivity contribution in [3.8, 4) is 28.1 Å². The Labute approximate surface area is 219 Å². The molecule has 4 aromatic rings. The molecule has 0 radical (unpaired) electrons. The summed E-state index contributed by atoms with van der Waals surface area (Å²) in [5.41, 5.74) is 4.54. The topological polar surface area (TPSA) is 92.3 Å². The Morgan fingerprint density at radius 2 is 2.00 bits per heavy atom. The Bertz CT molecular complexity index is 1520. The molecule has 192 valence electrons. The van der Waals surface area contributed by atoms with Crippen LogP contribution < -0.4 is 20.3 Å². The van der Waals surface area contributed by atoms with Crippen LogP contribution in [0.3, 0.4) is 0 Å². The van der Waals surface area contributed by atoms with Crippen molar-refractivity contribution in [2.24, 2.45) is 0 Å². The van der Waals surface area contributed by atoms with Crippen LogP contribution in [0.1, 0.15) is 28.0 Å². The van der Waals surface area contributed by atoms with Crippen molar-refractivity contribution in [3.05, 3.63) is 83.6 Å². The smallest absolute Gasteiger partial charge is 0.260 e. The molecule has 0 unspecified atom stereocenters. The molecule has 2 N–H and O–H groups in total. The molecule has 8 nitrogen and oxygen atoms in total. The number of nitrogens with zero attached hydrogens (tertiary/aromatic N) is 4. The molecular weight excluding hydrogens is 483 g/mol. The Balaban J connectivity index is 1.40. The van der Waals surface area contributed by atoms with E-state index in [4.69, 9.17) is 9.72 Å². The quantitative estimate of drug-likeness (QED) is 0.392. The zero-order chi connectivity index (χ0) is 26.2. The van der Waals surface area contributed by atoms with Crippen LogP contribution in [-0.4, -0.2) is 47.1 Å². The Kier molecular flexibility index (Phi) is 6.21. The van der Waals surface area contributed by atoms with Crippen molar-refractivity contribution in [2.45, 2.75) is 25.9 Å². The van der Waals surface area contributed by atoms with Gasteiger partial charge in [-0.15, -0.1) is 0 Å². The second-order valence-electron chi connectivity index (χ2n) is 9.48. The number of aryl methyl sites for hydroxylation is 1. The predicted octanol–water partition coefficient (Wildman–Crippen LogP) is 4.60. The lowest BCUT2D eigenvalue weighted by Gasteiger charge is -2.20. The van der Waals surface area contributed by atoms with Crippen LogP contribution in [0.2, 0.25) is 0 Å². The first kappa shape index (κ1) is 24.0. The molecule has 5 heterocycles. The minimum atomic E-state index is -0.456. The summed E-state index contributed by atoms with van der Waals surface area (Å²) in [6.45, 7) is 3.95. The number of hydrogen-bond donors (Lipinski definition) is 2. The number of methoxy groups -OCH3 is 1. The van der Waals surface area contributed by atoms with Crippen LogP contribution >= 0.6 is 0 Å². The summed E-state index contributed by atoms with van der Waals surface area (Å²) in [7, 11) is 1.49. The highest BCUT2D eigenvalue weighted by molar-refractivity contribution is 6.11. The molecule has 38 heavy (non-hydrogen) atoms. The van der Waals surface area contributed by atoms with E-state index in [9.17, 15) is 9.18 Å². The summed E-state index contributed by atoms with van der Waals surface area (Å²) >= 11 is 0.